The number of benzene rings is 2. The van der Waals surface area contributed by atoms with Crippen molar-refractivity contribution in [3.63, 3.8) is 0 Å². The Morgan fingerprint density at radius 2 is 1.71 bits per heavy atom. The van der Waals surface area contributed by atoms with Gasteiger partial charge in [0, 0.05) is 6.04 Å². The van der Waals surface area contributed by atoms with Crippen LogP contribution >= 0.6 is 0 Å². The van der Waals surface area contributed by atoms with Crippen LogP contribution in [0.2, 0.25) is 0 Å². The fourth-order valence-electron chi connectivity index (χ4n) is 2.26. The molecule has 0 heterocycles. The van der Waals surface area contributed by atoms with Gasteiger partial charge in [0.1, 0.15) is 12.4 Å². The van der Waals surface area contributed by atoms with Crippen molar-refractivity contribution in [3.05, 3.63) is 65.2 Å². The average Bonchev–Trinajstić information content (AvgIpc) is 3.51. The van der Waals surface area contributed by atoms with E-state index >= 15 is 0 Å². The number of nitrogens with one attached hydrogen (secondary N) is 2. The lowest BCUT2D eigenvalue weighted by Gasteiger charge is -2.07. The zero-order valence-electron chi connectivity index (χ0n) is 14.9. The van der Waals surface area contributed by atoms with Gasteiger partial charge in [0.25, 0.3) is 0 Å². The van der Waals surface area contributed by atoms with Crippen molar-refractivity contribution in [2.24, 2.45) is 5.10 Å². The minimum Gasteiger partial charge on any atom is -0.489 e. The Bertz CT molecular complexity index is 887. The molecule has 2 aromatic carbocycles. The number of aromatic carboxylic acids is 1. The van der Waals surface area contributed by atoms with Gasteiger partial charge in [-0.25, -0.2) is 10.2 Å². The first kappa shape index (κ1) is 19.1. The van der Waals surface area contributed by atoms with Gasteiger partial charge in [-0.15, -0.1) is 0 Å². The summed E-state index contributed by atoms with van der Waals surface area (Å²) in [6, 6.07) is 13.6. The second kappa shape index (κ2) is 8.81. The number of hydrazone groups is 1. The zero-order chi connectivity index (χ0) is 19.9. The lowest BCUT2D eigenvalue weighted by Crippen LogP contribution is -2.38. The highest BCUT2D eigenvalue weighted by molar-refractivity contribution is 6.35. The standard InChI is InChI=1S/C20H19N3O5/c24-18(22-16-7-8-16)19(25)23-21-11-13-3-9-17(10-4-13)28-12-14-1-5-15(6-2-14)20(26)27/h1-6,9-11,16H,7-8,12H2,(H,22,24)(H,23,25)(H,26,27)/b21-11-. The first-order valence-corrected chi connectivity index (χ1v) is 8.70. The number of hydrogen-bond donors (Lipinski definition) is 3. The van der Waals surface area contributed by atoms with Gasteiger partial charge in [0.05, 0.1) is 11.8 Å². The van der Waals surface area contributed by atoms with Crippen LogP contribution in [0.5, 0.6) is 5.75 Å². The van der Waals surface area contributed by atoms with Crippen molar-refractivity contribution >= 4 is 24.0 Å². The number of carboxylic acid groups (broad SMARTS) is 1. The summed E-state index contributed by atoms with van der Waals surface area (Å²) in [5.74, 6) is -1.81. The van der Waals surface area contributed by atoms with Crippen LogP contribution in [-0.2, 0) is 16.2 Å². The van der Waals surface area contributed by atoms with E-state index in [9.17, 15) is 14.4 Å². The SMILES string of the molecule is O=C(N/N=C\c1ccc(OCc2ccc(C(=O)O)cc2)cc1)C(=O)NC1CC1. The van der Waals surface area contributed by atoms with Gasteiger partial charge < -0.3 is 15.2 Å². The molecule has 1 aliphatic carbocycles. The van der Waals surface area contributed by atoms with Gasteiger partial charge in [-0.2, -0.15) is 5.10 Å². The third kappa shape index (κ3) is 5.66. The molecule has 144 valence electrons. The number of carboxylic acids is 1. The van der Waals surface area contributed by atoms with E-state index in [1.165, 1.54) is 18.3 Å². The van der Waals surface area contributed by atoms with E-state index in [1.807, 2.05) is 0 Å². The Balaban J connectivity index is 1.45. The number of carbonyl (C=O) groups excluding carboxylic acids is 2. The van der Waals surface area contributed by atoms with Crippen LogP contribution in [0.1, 0.15) is 34.3 Å². The van der Waals surface area contributed by atoms with Crippen LogP contribution in [0, 0.1) is 0 Å². The summed E-state index contributed by atoms with van der Waals surface area (Å²) >= 11 is 0. The molecule has 0 unspecified atom stereocenters. The van der Waals surface area contributed by atoms with Crippen LogP contribution < -0.4 is 15.5 Å². The predicted molar refractivity (Wildman–Crippen MR) is 101 cm³/mol. The maximum Gasteiger partial charge on any atom is 0.335 e. The van der Waals surface area contributed by atoms with Crippen molar-refractivity contribution in [3.8, 4) is 5.75 Å². The molecule has 1 aliphatic rings. The molecule has 3 rings (SSSR count). The van der Waals surface area contributed by atoms with E-state index in [-0.39, 0.29) is 11.6 Å². The Hall–Kier alpha value is -3.68. The second-order valence-electron chi connectivity index (χ2n) is 6.31. The summed E-state index contributed by atoms with van der Waals surface area (Å²) in [7, 11) is 0. The molecule has 0 aromatic heterocycles. The predicted octanol–water partition coefficient (Wildman–Crippen LogP) is 1.69. The van der Waals surface area contributed by atoms with Gasteiger partial charge in [0.15, 0.2) is 0 Å². The fourth-order valence-corrected chi connectivity index (χ4v) is 2.26. The van der Waals surface area contributed by atoms with Crippen molar-refractivity contribution in [1.82, 2.24) is 10.7 Å². The minimum atomic E-state index is -0.968. The van der Waals surface area contributed by atoms with E-state index in [0.29, 0.717) is 12.4 Å². The number of hydrogen-bond acceptors (Lipinski definition) is 5. The van der Waals surface area contributed by atoms with Crippen molar-refractivity contribution < 1.29 is 24.2 Å². The summed E-state index contributed by atoms with van der Waals surface area (Å²) in [6.45, 7) is 0.305. The topological polar surface area (TPSA) is 117 Å². The number of rotatable bonds is 7. The quantitative estimate of drug-likeness (QED) is 0.383. The molecule has 0 radical (unpaired) electrons. The molecule has 1 saturated carbocycles. The van der Waals surface area contributed by atoms with Crippen molar-refractivity contribution in [1.29, 1.82) is 0 Å². The summed E-state index contributed by atoms with van der Waals surface area (Å²) in [6.07, 6.45) is 3.24. The van der Waals surface area contributed by atoms with Gasteiger partial charge in [0.2, 0.25) is 0 Å². The normalized spacial score (nSPS) is 13.1. The van der Waals surface area contributed by atoms with Crippen molar-refractivity contribution in [2.75, 3.05) is 0 Å². The lowest BCUT2D eigenvalue weighted by molar-refractivity contribution is -0.139. The molecule has 8 nitrogen and oxygen atoms in total. The maximum atomic E-state index is 11.5. The molecule has 2 aromatic rings. The molecule has 0 bridgehead atoms. The van der Waals surface area contributed by atoms with Crippen LogP contribution in [0.25, 0.3) is 0 Å². The highest BCUT2D eigenvalue weighted by atomic mass is 16.5. The molecule has 0 atom stereocenters. The third-order valence-corrected chi connectivity index (χ3v) is 3.99. The Labute approximate surface area is 161 Å². The van der Waals surface area contributed by atoms with E-state index in [0.717, 1.165) is 24.0 Å². The zero-order valence-corrected chi connectivity index (χ0v) is 14.9. The van der Waals surface area contributed by atoms with E-state index < -0.39 is 17.8 Å². The molecule has 0 spiro atoms. The molecule has 8 heteroatoms. The first-order chi connectivity index (χ1) is 13.5. The largest absolute Gasteiger partial charge is 0.489 e. The average molecular weight is 381 g/mol. The molecule has 1 fully saturated rings. The van der Waals surface area contributed by atoms with Gasteiger partial charge in [-0.1, -0.05) is 12.1 Å². The number of nitrogens with zero attached hydrogens (tertiary/aromatic N) is 1. The minimum absolute atomic E-state index is 0.116. The van der Waals surface area contributed by atoms with E-state index in [2.05, 4.69) is 15.8 Å². The third-order valence-electron chi connectivity index (χ3n) is 3.99. The number of ether oxygens (including phenoxy) is 1. The summed E-state index contributed by atoms with van der Waals surface area (Å²) < 4.78 is 5.65. The van der Waals surface area contributed by atoms with Crippen molar-refractivity contribution in [2.45, 2.75) is 25.5 Å². The molecule has 2 amide bonds. The molecule has 0 aliphatic heterocycles. The lowest BCUT2D eigenvalue weighted by atomic mass is 10.1. The fraction of sp³-hybridized carbons (Fsp3) is 0.200. The molecular weight excluding hydrogens is 362 g/mol. The highest BCUT2D eigenvalue weighted by Crippen LogP contribution is 2.18. The summed E-state index contributed by atoms with van der Waals surface area (Å²) in [5, 5.41) is 15.2. The van der Waals surface area contributed by atoms with E-state index in [1.54, 1.807) is 36.4 Å². The second-order valence-corrected chi connectivity index (χ2v) is 6.31. The molecule has 3 N–H and O–H groups in total. The smallest absolute Gasteiger partial charge is 0.335 e. The van der Waals surface area contributed by atoms with Crippen LogP contribution in [0.3, 0.4) is 0 Å². The Morgan fingerprint density at radius 1 is 1.04 bits per heavy atom. The molecule has 28 heavy (non-hydrogen) atoms. The number of carbonyl (C=O) groups is 3. The van der Waals surface area contributed by atoms with Crippen LogP contribution in [0.4, 0.5) is 0 Å². The highest BCUT2D eigenvalue weighted by Gasteiger charge is 2.26. The first-order valence-electron chi connectivity index (χ1n) is 8.70. The Morgan fingerprint density at radius 3 is 2.32 bits per heavy atom. The maximum absolute atomic E-state index is 11.5. The molecule has 0 saturated heterocycles. The van der Waals surface area contributed by atoms with E-state index in [4.69, 9.17) is 9.84 Å². The molecular formula is C20H19N3O5. The summed E-state index contributed by atoms with van der Waals surface area (Å²) in [4.78, 5) is 33.8. The summed E-state index contributed by atoms with van der Waals surface area (Å²) in [5.41, 5.74) is 3.98. The van der Waals surface area contributed by atoms with Gasteiger partial charge in [-0.3, -0.25) is 9.59 Å². The van der Waals surface area contributed by atoms with Crippen LogP contribution in [0.15, 0.2) is 53.6 Å². The van der Waals surface area contributed by atoms with Gasteiger partial charge >= 0.3 is 17.8 Å². The monoisotopic (exact) mass is 381 g/mol. The van der Waals surface area contributed by atoms with Gasteiger partial charge in [-0.05, 0) is 60.4 Å². The Kier molecular flexibility index (Phi) is 6.01. The number of amides is 2. The van der Waals surface area contributed by atoms with Crippen LogP contribution in [-0.4, -0.2) is 35.1 Å².